The minimum atomic E-state index is -2.68. The third-order valence-corrected chi connectivity index (χ3v) is 6.75. The van der Waals surface area contributed by atoms with E-state index in [9.17, 15) is 40.2 Å². The van der Waals surface area contributed by atoms with Gasteiger partial charge in [-0.3, -0.25) is 14.5 Å². The van der Waals surface area contributed by atoms with Gasteiger partial charge in [0.05, 0.1) is 17.2 Å². The summed E-state index contributed by atoms with van der Waals surface area (Å²) in [6.45, 7) is 1.42. The van der Waals surface area contributed by atoms with Gasteiger partial charge < -0.3 is 30.6 Å². The predicted octanol–water partition coefficient (Wildman–Crippen LogP) is 0.659. The van der Waals surface area contributed by atoms with Gasteiger partial charge in [-0.15, -0.1) is 0 Å². The molecule has 160 valence electrons. The average Bonchev–Trinajstić information content (AvgIpc) is 2.67. The first-order valence-corrected chi connectivity index (χ1v) is 9.45. The first kappa shape index (κ1) is 20.4. The zero-order chi connectivity index (χ0) is 22.3. The van der Waals surface area contributed by atoms with Crippen LogP contribution in [-0.4, -0.2) is 72.8 Å². The van der Waals surface area contributed by atoms with Gasteiger partial charge in [0.25, 0.3) is 0 Å². The summed E-state index contributed by atoms with van der Waals surface area (Å²) in [5, 5.41) is 64.3. The maximum absolute atomic E-state index is 13.5. The molecule has 3 aliphatic carbocycles. The number of hydrogen-bond acceptors (Lipinski definition) is 9. The Morgan fingerprint density at radius 3 is 2.27 bits per heavy atom. The number of aliphatic hydroxyl groups is 5. The highest BCUT2D eigenvalue weighted by molar-refractivity contribution is 6.13. The van der Waals surface area contributed by atoms with Crippen LogP contribution in [0.3, 0.4) is 0 Å². The normalized spacial score (nSPS) is 36.0. The number of phenols is 1. The summed E-state index contributed by atoms with van der Waals surface area (Å²) in [7, 11) is 3.05. The van der Waals surface area contributed by atoms with E-state index < -0.39 is 57.9 Å². The molecule has 4 rings (SSSR count). The fourth-order valence-corrected chi connectivity index (χ4v) is 5.25. The van der Waals surface area contributed by atoms with Crippen molar-refractivity contribution in [3.8, 4) is 5.75 Å². The van der Waals surface area contributed by atoms with E-state index in [-0.39, 0.29) is 28.9 Å². The lowest BCUT2D eigenvalue weighted by Gasteiger charge is -2.52. The fourth-order valence-electron chi connectivity index (χ4n) is 5.25. The van der Waals surface area contributed by atoms with Crippen LogP contribution in [0.4, 0.5) is 0 Å². The van der Waals surface area contributed by atoms with Gasteiger partial charge in [0.1, 0.15) is 11.5 Å². The molecule has 5 atom stereocenters. The Hall–Kier alpha value is -2.88. The number of rotatable bonds is 1. The summed E-state index contributed by atoms with van der Waals surface area (Å²) in [4.78, 5) is 27.5. The molecule has 30 heavy (non-hydrogen) atoms. The summed E-state index contributed by atoms with van der Waals surface area (Å²) in [5.74, 6) is -7.52. The van der Waals surface area contributed by atoms with E-state index in [2.05, 4.69) is 0 Å². The van der Waals surface area contributed by atoms with E-state index in [4.69, 9.17) is 0 Å². The average molecular weight is 417 g/mol. The Morgan fingerprint density at radius 2 is 1.67 bits per heavy atom. The summed E-state index contributed by atoms with van der Waals surface area (Å²) >= 11 is 0. The molecular formula is C21H23NO8. The van der Waals surface area contributed by atoms with E-state index in [1.807, 2.05) is 0 Å². The summed E-state index contributed by atoms with van der Waals surface area (Å²) < 4.78 is 0. The minimum Gasteiger partial charge on any atom is -0.507 e. The lowest BCUT2D eigenvalue weighted by Crippen LogP contribution is -2.66. The SMILES string of the molecule is CN(C)[C@@H]1C(=O)C(O)=C(O)[C@@]2(O)C(=O)C3=C(O)c4c(O)cccc4[C@@](C)(O)[C@H]3C[C@@H]12. The second-order valence-corrected chi connectivity index (χ2v) is 8.57. The van der Waals surface area contributed by atoms with Gasteiger partial charge in [0, 0.05) is 17.4 Å². The molecule has 9 heteroatoms. The molecule has 0 aliphatic heterocycles. The number of aliphatic hydroxyl groups excluding tert-OH is 3. The first-order chi connectivity index (χ1) is 13.9. The third-order valence-electron chi connectivity index (χ3n) is 6.75. The van der Waals surface area contributed by atoms with Crippen molar-refractivity contribution in [3.63, 3.8) is 0 Å². The number of benzene rings is 1. The maximum atomic E-state index is 13.5. The Morgan fingerprint density at radius 1 is 1.03 bits per heavy atom. The van der Waals surface area contributed by atoms with Gasteiger partial charge in [-0.25, -0.2) is 0 Å². The van der Waals surface area contributed by atoms with Gasteiger partial charge in [-0.05, 0) is 39.1 Å². The standard InChI is InChI=1S/C21H23NO8/c1-20(29)8-5-4-6-11(23)12(8)15(24)13-9(20)7-10-14(22(2)3)16(25)17(26)19(28)21(10,30)18(13)27/h4-6,9-10,14,23-24,26,28-30H,7H2,1-3H3/t9-,10-,14-,20+,21-/m0/s1. The number of carbonyl (C=O) groups excluding carboxylic acids is 2. The quantitative estimate of drug-likeness (QED) is 0.386. The molecule has 0 bridgehead atoms. The minimum absolute atomic E-state index is 0.145. The molecule has 9 nitrogen and oxygen atoms in total. The molecular weight excluding hydrogens is 394 g/mol. The van der Waals surface area contributed by atoms with Crippen molar-refractivity contribution in [1.82, 2.24) is 4.90 Å². The topological polar surface area (TPSA) is 159 Å². The smallest absolute Gasteiger partial charge is 0.218 e. The lowest BCUT2D eigenvalue weighted by molar-refractivity contribution is -0.160. The molecule has 0 unspecified atom stereocenters. The van der Waals surface area contributed by atoms with Gasteiger partial charge >= 0.3 is 0 Å². The highest BCUT2D eigenvalue weighted by atomic mass is 16.4. The molecule has 0 spiro atoms. The first-order valence-electron chi connectivity index (χ1n) is 9.45. The third kappa shape index (κ3) is 2.22. The van der Waals surface area contributed by atoms with Crippen LogP contribution >= 0.6 is 0 Å². The van der Waals surface area contributed by atoms with E-state index in [0.29, 0.717) is 0 Å². The Labute approximate surface area is 171 Å². The number of fused-ring (bicyclic) bond motifs is 3. The largest absolute Gasteiger partial charge is 0.507 e. The molecule has 0 heterocycles. The number of carbonyl (C=O) groups is 2. The molecule has 3 aliphatic rings. The molecule has 1 fully saturated rings. The molecule has 0 radical (unpaired) electrons. The van der Waals surface area contributed by atoms with E-state index in [0.717, 1.165) is 0 Å². The van der Waals surface area contributed by atoms with E-state index in [1.165, 1.54) is 44.1 Å². The van der Waals surface area contributed by atoms with Crippen molar-refractivity contribution in [1.29, 1.82) is 0 Å². The predicted molar refractivity (Wildman–Crippen MR) is 104 cm³/mol. The van der Waals surface area contributed by atoms with Crippen LogP contribution < -0.4 is 0 Å². The van der Waals surface area contributed by atoms with Gasteiger partial charge in [0.2, 0.25) is 17.3 Å². The lowest BCUT2D eigenvalue weighted by atomic mass is 9.55. The number of nitrogens with zero attached hydrogens (tertiary/aromatic N) is 1. The second kappa shape index (κ2) is 6.07. The van der Waals surface area contributed by atoms with Crippen LogP contribution in [0.1, 0.15) is 24.5 Å². The molecule has 1 aromatic rings. The monoisotopic (exact) mass is 417 g/mol. The highest BCUT2D eigenvalue weighted by Crippen LogP contribution is 2.56. The second-order valence-electron chi connectivity index (χ2n) is 8.57. The zero-order valence-corrected chi connectivity index (χ0v) is 16.6. The maximum Gasteiger partial charge on any atom is 0.218 e. The van der Waals surface area contributed by atoms with E-state index >= 15 is 0 Å². The Kier molecular flexibility index (Phi) is 4.12. The van der Waals surface area contributed by atoms with Crippen molar-refractivity contribution in [2.75, 3.05) is 14.1 Å². The van der Waals surface area contributed by atoms with Crippen LogP contribution in [0.25, 0.3) is 5.76 Å². The van der Waals surface area contributed by atoms with Crippen molar-refractivity contribution in [2.45, 2.75) is 30.6 Å². The Balaban J connectivity index is 2.03. The molecule has 0 saturated heterocycles. The number of phenolic OH excluding ortho intramolecular Hbond substituents is 1. The zero-order valence-electron chi connectivity index (χ0n) is 16.6. The highest BCUT2D eigenvalue weighted by Gasteiger charge is 2.66. The van der Waals surface area contributed by atoms with Crippen LogP contribution in [0.15, 0.2) is 35.3 Å². The Bertz CT molecular complexity index is 1050. The number of Topliss-reactive ketones (excluding diaryl/α,β-unsaturated/α-hetero) is 2. The van der Waals surface area contributed by atoms with Crippen molar-refractivity contribution in [3.05, 3.63) is 46.4 Å². The summed E-state index contributed by atoms with van der Waals surface area (Å²) in [5.41, 5.74) is -4.74. The molecule has 1 aromatic carbocycles. The number of ketones is 2. The van der Waals surface area contributed by atoms with Crippen LogP contribution in [0.2, 0.25) is 0 Å². The molecule has 6 N–H and O–H groups in total. The van der Waals surface area contributed by atoms with Crippen molar-refractivity contribution >= 4 is 17.3 Å². The molecule has 0 amide bonds. The fraction of sp³-hybridized carbons (Fsp3) is 0.429. The number of hydrogen-bond donors (Lipinski definition) is 6. The molecule has 0 aromatic heterocycles. The van der Waals surface area contributed by atoms with Crippen LogP contribution in [0.5, 0.6) is 5.75 Å². The van der Waals surface area contributed by atoms with Crippen molar-refractivity contribution in [2.24, 2.45) is 11.8 Å². The van der Waals surface area contributed by atoms with Crippen LogP contribution in [-0.2, 0) is 15.2 Å². The molecule has 1 saturated carbocycles. The number of likely N-dealkylation sites (N-methyl/N-ethyl adjacent to an activating group) is 1. The number of aromatic hydroxyl groups is 1. The summed E-state index contributed by atoms with van der Waals surface area (Å²) in [6.07, 6.45) is -0.157. The van der Waals surface area contributed by atoms with Gasteiger partial charge in [0.15, 0.2) is 11.4 Å². The van der Waals surface area contributed by atoms with E-state index in [1.54, 1.807) is 0 Å². The van der Waals surface area contributed by atoms with Gasteiger partial charge in [-0.2, -0.15) is 0 Å². The van der Waals surface area contributed by atoms with Gasteiger partial charge in [-0.1, -0.05) is 12.1 Å². The van der Waals surface area contributed by atoms with Crippen LogP contribution in [0, 0.1) is 11.8 Å². The van der Waals surface area contributed by atoms with Crippen molar-refractivity contribution < 1.29 is 40.2 Å². The summed E-state index contributed by atoms with van der Waals surface area (Å²) in [6, 6.07) is 3.12.